The van der Waals surface area contributed by atoms with E-state index < -0.39 is 58.9 Å². The third-order valence-electron chi connectivity index (χ3n) is 9.99. The number of carbonyl (C=O) groups excluding carboxylic acids is 4. The maximum absolute atomic E-state index is 13.7. The van der Waals surface area contributed by atoms with Crippen molar-refractivity contribution in [2.45, 2.75) is 94.6 Å². The van der Waals surface area contributed by atoms with Crippen LogP contribution in [0, 0.1) is 23.7 Å². The van der Waals surface area contributed by atoms with E-state index >= 15 is 0 Å². The van der Waals surface area contributed by atoms with Crippen LogP contribution in [-0.4, -0.2) is 69.8 Å². The van der Waals surface area contributed by atoms with E-state index in [4.69, 9.17) is 18.9 Å². The second kappa shape index (κ2) is 8.19. The molecule has 1 N–H and O–H groups in total. The first kappa shape index (κ1) is 25.6. The van der Waals surface area contributed by atoms with Crippen LogP contribution in [-0.2, 0) is 38.1 Å². The van der Waals surface area contributed by atoms with Gasteiger partial charge in [0.05, 0.1) is 12.2 Å². The summed E-state index contributed by atoms with van der Waals surface area (Å²) in [6, 6.07) is 0. The number of carbonyl (C=O) groups is 4. The van der Waals surface area contributed by atoms with Crippen LogP contribution in [0.25, 0.3) is 0 Å². The average Bonchev–Trinajstić information content (AvgIpc) is 3.47. The van der Waals surface area contributed by atoms with Gasteiger partial charge in [0.15, 0.2) is 17.2 Å². The molecule has 38 heavy (non-hydrogen) atoms. The van der Waals surface area contributed by atoms with Crippen LogP contribution in [0.1, 0.15) is 53.4 Å². The van der Waals surface area contributed by atoms with Gasteiger partial charge in [-0.05, 0) is 69.6 Å². The van der Waals surface area contributed by atoms with Gasteiger partial charge < -0.3 is 24.1 Å². The van der Waals surface area contributed by atoms with Crippen LogP contribution in [0.5, 0.6) is 0 Å². The molecule has 6 aliphatic rings. The van der Waals surface area contributed by atoms with E-state index in [2.05, 4.69) is 6.58 Å². The number of hydrogen-bond donors (Lipinski definition) is 1. The Kier molecular flexibility index (Phi) is 5.53. The van der Waals surface area contributed by atoms with Crippen molar-refractivity contribution in [1.29, 1.82) is 0 Å². The third-order valence-corrected chi connectivity index (χ3v) is 9.99. The van der Waals surface area contributed by atoms with E-state index in [1.165, 1.54) is 26.0 Å². The van der Waals surface area contributed by atoms with Gasteiger partial charge in [-0.25, -0.2) is 9.59 Å². The Labute approximate surface area is 221 Å². The molecule has 2 aliphatic carbocycles. The molecule has 11 unspecified atom stereocenters. The lowest BCUT2D eigenvalue weighted by molar-refractivity contribution is -0.197. The lowest BCUT2D eigenvalue weighted by Crippen LogP contribution is -2.61. The minimum Gasteiger partial charge on any atom is -0.460 e. The van der Waals surface area contributed by atoms with E-state index in [1.807, 2.05) is 13.8 Å². The summed E-state index contributed by atoms with van der Waals surface area (Å²) in [5.41, 5.74) is -3.46. The van der Waals surface area contributed by atoms with Gasteiger partial charge >= 0.3 is 11.9 Å². The Morgan fingerprint density at radius 3 is 2.39 bits per heavy atom. The molecule has 0 radical (unpaired) electrons. The zero-order chi connectivity index (χ0) is 27.4. The van der Waals surface area contributed by atoms with Gasteiger partial charge in [0.25, 0.3) is 0 Å². The Morgan fingerprint density at radius 2 is 1.71 bits per heavy atom. The summed E-state index contributed by atoms with van der Waals surface area (Å²) in [6.07, 6.45) is 4.14. The van der Waals surface area contributed by atoms with Gasteiger partial charge in [0.1, 0.15) is 23.4 Å². The van der Waals surface area contributed by atoms with Gasteiger partial charge in [-0.3, -0.25) is 9.59 Å². The van der Waals surface area contributed by atoms with Crippen LogP contribution in [0.4, 0.5) is 0 Å². The molecule has 5 fully saturated rings. The van der Waals surface area contributed by atoms with Gasteiger partial charge in [-0.2, -0.15) is 0 Å². The number of rotatable bonds is 3. The number of epoxide rings is 1. The Hall–Kier alpha value is -2.62. The normalized spacial score (nSPS) is 49.2. The Bertz CT molecular complexity index is 1220. The summed E-state index contributed by atoms with van der Waals surface area (Å²) in [5.74, 6) is -2.92. The molecule has 3 saturated heterocycles. The fraction of sp³-hybridized carbons (Fsp3) is 0.655. The summed E-state index contributed by atoms with van der Waals surface area (Å²) in [5, 5.41) is 12.0. The molecule has 0 aromatic rings. The van der Waals surface area contributed by atoms with E-state index in [1.54, 1.807) is 6.08 Å². The minimum atomic E-state index is -1.70. The molecule has 4 aliphatic heterocycles. The van der Waals surface area contributed by atoms with Crippen molar-refractivity contribution >= 4 is 23.5 Å². The molecular formula is C29H34O9. The van der Waals surface area contributed by atoms with Gasteiger partial charge in [0.2, 0.25) is 0 Å². The van der Waals surface area contributed by atoms with Crippen LogP contribution >= 0.6 is 0 Å². The van der Waals surface area contributed by atoms with Crippen LogP contribution < -0.4 is 0 Å². The summed E-state index contributed by atoms with van der Waals surface area (Å²) in [7, 11) is 0. The molecule has 0 aromatic carbocycles. The van der Waals surface area contributed by atoms with Crippen molar-refractivity contribution in [1.82, 2.24) is 0 Å². The van der Waals surface area contributed by atoms with Crippen molar-refractivity contribution in [2.75, 3.05) is 0 Å². The number of ketones is 2. The lowest BCUT2D eigenvalue weighted by Gasteiger charge is -2.48. The number of Topliss-reactive ketones (excluding diaryl/α,β-unsaturated/α-hetero) is 1. The Balaban J connectivity index is 1.42. The predicted molar refractivity (Wildman–Crippen MR) is 131 cm³/mol. The quantitative estimate of drug-likeness (QED) is 0.334. The maximum Gasteiger partial charge on any atom is 0.343 e. The van der Waals surface area contributed by atoms with Crippen LogP contribution in [0.2, 0.25) is 0 Å². The summed E-state index contributed by atoms with van der Waals surface area (Å²) >= 11 is 0. The molecule has 9 heteroatoms. The number of esters is 2. The molecule has 1 spiro atoms. The largest absolute Gasteiger partial charge is 0.460 e. The maximum atomic E-state index is 13.7. The smallest absolute Gasteiger partial charge is 0.343 e. The first-order valence-electron chi connectivity index (χ1n) is 13.5. The average molecular weight is 527 g/mol. The standard InChI is InChI=1S/C29H34O9/c1-13-8-21-18(16(4)25(32)35-21)10-23-27(13,34)12-20(17(5)31)29(38-23)19-11-24-28(37-24,7-6-15(3)30)14(2)9-22(19)36-26(29)33/h6-7,12-14,18-19,21-24,34H,4,8-11H2,1-3,5H3. The van der Waals surface area contributed by atoms with Gasteiger partial charge in [-0.1, -0.05) is 20.4 Å². The first-order valence-corrected chi connectivity index (χ1v) is 13.5. The fourth-order valence-corrected chi connectivity index (χ4v) is 7.71. The van der Waals surface area contributed by atoms with Crippen molar-refractivity contribution < 1.29 is 43.2 Å². The summed E-state index contributed by atoms with van der Waals surface area (Å²) in [6.45, 7) is 10.6. The van der Waals surface area contributed by atoms with E-state index in [9.17, 15) is 24.3 Å². The molecule has 2 saturated carbocycles. The number of fused-ring (bicyclic) bond motifs is 5. The summed E-state index contributed by atoms with van der Waals surface area (Å²) in [4.78, 5) is 50.8. The van der Waals surface area contributed by atoms with Crippen molar-refractivity contribution in [3.63, 3.8) is 0 Å². The molecule has 9 nitrogen and oxygen atoms in total. The molecule has 4 heterocycles. The van der Waals surface area contributed by atoms with E-state index in [-0.39, 0.29) is 41.5 Å². The molecule has 0 bridgehead atoms. The number of allylic oxidation sites excluding steroid dienone is 1. The second-order valence-corrected chi connectivity index (χ2v) is 12.1. The Morgan fingerprint density at radius 1 is 1.00 bits per heavy atom. The van der Waals surface area contributed by atoms with Gasteiger partial charge in [0, 0.05) is 23.0 Å². The van der Waals surface area contributed by atoms with Crippen molar-refractivity contribution in [3.05, 3.63) is 36.0 Å². The van der Waals surface area contributed by atoms with Crippen LogP contribution in [0.3, 0.4) is 0 Å². The molecule has 6 rings (SSSR count). The number of ether oxygens (including phenoxy) is 4. The molecule has 11 atom stereocenters. The molecular weight excluding hydrogens is 492 g/mol. The fourth-order valence-electron chi connectivity index (χ4n) is 7.71. The number of aliphatic hydroxyl groups is 1. The highest BCUT2D eigenvalue weighted by atomic mass is 16.6. The first-order chi connectivity index (χ1) is 17.8. The highest BCUT2D eigenvalue weighted by molar-refractivity contribution is 6.04. The molecule has 0 aromatic heterocycles. The topological polar surface area (TPSA) is 129 Å². The van der Waals surface area contributed by atoms with Crippen LogP contribution in [0.15, 0.2) is 36.0 Å². The van der Waals surface area contributed by atoms with Crippen molar-refractivity contribution in [3.8, 4) is 0 Å². The van der Waals surface area contributed by atoms with Crippen molar-refractivity contribution in [2.24, 2.45) is 23.7 Å². The predicted octanol–water partition coefficient (Wildman–Crippen LogP) is 2.15. The minimum absolute atomic E-state index is 0.0463. The highest BCUT2D eigenvalue weighted by Crippen LogP contribution is 2.60. The monoisotopic (exact) mass is 526 g/mol. The highest BCUT2D eigenvalue weighted by Gasteiger charge is 2.72. The molecule has 0 amide bonds. The third kappa shape index (κ3) is 3.34. The zero-order valence-corrected chi connectivity index (χ0v) is 22.1. The number of hydrogen-bond acceptors (Lipinski definition) is 9. The SMILES string of the molecule is C=C1C(=O)OC2CC(C)C3(O)C=C(C(C)=O)C4(OC3CC12)C(=O)OC1CC(C)C2(C=CC(C)=O)OC2CC14. The zero-order valence-electron chi connectivity index (χ0n) is 22.1. The molecule has 204 valence electrons. The lowest BCUT2D eigenvalue weighted by atomic mass is 9.69. The summed E-state index contributed by atoms with van der Waals surface area (Å²) < 4.78 is 24.3. The second-order valence-electron chi connectivity index (χ2n) is 12.1. The van der Waals surface area contributed by atoms with E-state index in [0.29, 0.717) is 24.8 Å². The van der Waals surface area contributed by atoms with Gasteiger partial charge in [-0.15, -0.1) is 0 Å². The van der Waals surface area contributed by atoms with E-state index in [0.717, 1.165) is 0 Å².